The third kappa shape index (κ3) is 5.51. The van der Waals surface area contributed by atoms with Crippen LogP contribution in [-0.4, -0.2) is 41.7 Å². The Bertz CT molecular complexity index is 895. The molecule has 0 saturated carbocycles. The van der Waals surface area contributed by atoms with Gasteiger partial charge in [0.25, 0.3) is 5.56 Å². The first-order valence-electron chi connectivity index (χ1n) is 9.13. The minimum absolute atomic E-state index is 0.0948. The second kappa shape index (κ2) is 10.2. The monoisotopic (exact) mass is 405 g/mol. The standard InChI is InChI=1S/C20H27N3O4S/c1-13(2)11-23-12-17(14-7-5-6-8-15(14)18(23)24)22-20(26)21-16(9-10-28-4)19(25)27-3/h5-8,12-13,16H,9-11H2,1-4H3,(H2,21,22,26)/t16-/m0/s1. The highest BCUT2D eigenvalue weighted by Gasteiger charge is 2.21. The molecule has 2 rings (SSSR count). The molecule has 0 aliphatic heterocycles. The number of ether oxygens (including phenoxy) is 1. The summed E-state index contributed by atoms with van der Waals surface area (Å²) < 4.78 is 6.38. The van der Waals surface area contributed by atoms with E-state index in [0.29, 0.717) is 35.2 Å². The molecule has 1 aromatic heterocycles. The van der Waals surface area contributed by atoms with Gasteiger partial charge in [-0.3, -0.25) is 4.79 Å². The molecule has 1 aromatic carbocycles. The summed E-state index contributed by atoms with van der Waals surface area (Å²) in [6.45, 7) is 4.58. The Morgan fingerprint density at radius 1 is 1.21 bits per heavy atom. The molecule has 0 aliphatic rings. The van der Waals surface area contributed by atoms with Gasteiger partial charge < -0.3 is 19.9 Å². The van der Waals surface area contributed by atoms with Gasteiger partial charge in [0.1, 0.15) is 6.04 Å². The number of fused-ring (bicyclic) bond motifs is 1. The molecule has 0 bridgehead atoms. The van der Waals surface area contributed by atoms with Crippen molar-refractivity contribution in [3.8, 4) is 0 Å². The molecular weight excluding hydrogens is 378 g/mol. The smallest absolute Gasteiger partial charge is 0.328 e. The summed E-state index contributed by atoms with van der Waals surface area (Å²) in [6.07, 6.45) is 4.05. The number of carbonyl (C=O) groups is 2. The lowest BCUT2D eigenvalue weighted by Crippen LogP contribution is -2.44. The van der Waals surface area contributed by atoms with Gasteiger partial charge in [-0.25, -0.2) is 9.59 Å². The number of nitrogens with one attached hydrogen (secondary N) is 2. The van der Waals surface area contributed by atoms with Crippen molar-refractivity contribution in [1.29, 1.82) is 0 Å². The molecule has 28 heavy (non-hydrogen) atoms. The largest absolute Gasteiger partial charge is 0.467 e. The maximum Gasteiger partial charge on any atom is 0.328 e. The van der Waals surface area contributed by atoms with Gasteiger partial charge in [0.05, 0.1) is 12.8 Å². The summed E-state index contributed by atoms with van der Waals surface area (Å²) in [7, 11) is 1.29. The van der Waals surface area contributed by atoms with Crippen LogP contribution in [0.5, 0.6) is 0 Å². The van der Waals surface area contributed by atoms with Gasteiger partial charge in [-0.05, 0) is 30.4 Å². The molecule has 2 amide bonds. The Morgan fingerprint density at radius 3 is 2.50 bits per heavy atom. The lowest BCUT2D eigenvalue weighted by Gasteiger charge is -2.18. The van der Waals surface area contributed by atoms with Crippen molar-refractivity contribution in [3.05, 3.63) is 40.8 Å². The SMILES string of the molecule is COC(=O)[C@H](CCSC)NC(=O)Nc1cn(CC(C)C)c(=O)c2ccccc12. The van der Waals surface area contributed by atoms with Gasteiger partial charge in [0, 0.05) is 23.5 Å². The topological polar surface area (TPSA) is 89.4 Å². The van der Waals surface area contributed by atoms with Gasteiger partial charge in [0.15, 0.2) is 0 Å². The zero-order valence-corrected chi connectivity index (χ0v) is 17.5. The van der Waals surface area contributed by atoms with Crippen LogP contribution < -0.4 is 16.2 Å². The summed E-state index contributed by atoms with van der Waals surface area (Å²) >= 11 is 1.58. The van der Waals surface area contributed by atoms with E-state index in [-0.39, 0.29) is 11.5 Å². The fourth-order valence-corrected chi connectivity index (χ4v) is 3.39. The molecule has 1 heterocycles. The van der Waals surface area contributed by atoms with E-state index in [0.717, 1.165) is 0 Å². The Labute approximate surface area is 168 Å². The Kier molecular flexibility index (Phi) is 7.92. The van der Waals surface area contributed by atoms with Gasteiger partial charge in [-0.1, -0.05) is 32.0 Å². The molecule has 0 fully saturated rings. The summed E-state index contributed by atoms with van der Waals surface area (Å²) in [4.78, 5) is 37.2. The van der Waals surface area contributed by atoms with Crippen molar-refractivity contribution in [2.45, 2.75) is 32.9 Å². The van der Waals surface area contributed by atoms with Crippen LogP contribution in [0.25, 0.3) is 10.8 Å². The van der Waals surface area contributed by atoms with Crippen LogP contribution in [0, 0.1) is 5.92 Å². The summed E-state index contributed by atoms with van der Waals surface area (Å²) in [6, 6.07) is 5.89. The average Bonchev–Trinajstić information content (AvgIpc) is 2.67. The number of hydrogen-bond donors (Lipinski definition) is 2. The van der Waals surface area contributed by atoms with Gasteiger partial charge in [-0.15, -0.1) is 0 Å². The van der Waals surface area contributed by atoms with Crippen LogP contribution in [0.1, 0.15) is 20.3 Å². The minimum atomic E-state index is -0.731. The maximum absolute atomic E-state index is 12.7. The van der Waals surface area contributed by atoms with E-state index >= 15 is 0 Å². The molecular formula is C20H27N3O4S. The normalized spacial score (nSPS) is 12.0. The highest BCUT2D eigenvalue weighted by atomic mass is 32.2. The number of carbonyl (C=O) groups excluding carboxylic acids is 2. The van der Waals surface area contributed by atoms with Gasteiger partial charge in [-0.2, -0.15) is 11.8 Å². The van der Waals surface area contributed by atoms with Crippen molar-refractivity contribution in [2.75, 3.05) is 24.4 Å². The first kappa shape index (κ1) is 21.8. The van der Waals surface area contributed by atoms with Crippen molar-refractivity contribution >= 4 is 40.2 Å². The zero-order chi connectivity index (χ0) is 20.7. The lowest BCUT2D eigenvalue weighted by molar-refractivity contribution is -0.142. The van der Waals surface area contributed by atoms with E-state index in [2.05, 4.69) is 10.6 Å². The first-order chi connectivity index (χ1) is 13.4. The summed E-state index contributed by atoms with van der Waals surface area (Å²) in [5, 5.41) is 6.64. The Hall–Kier alpha value is -2.48. The van der Waals surface area contributed by atoms with Crippen LogP contribution in [0.2, 0.25) is 0 Å². The summed E-state index contributed by atoms with van der Waals surface area (Å²) in [5.74, 6) is 0.497. The number of benzene rings is 1. The Morgan fingerprint density at radius 2 is 1.89 bits per heavy atom. The number of pyridine rings is 1. The van der Waals surface area contributed by atoms with Crippen LogP contribution in [0.3, 0.4) is 0 Å². The third-order valence-electron chi connectivity index (χ3n) is 4.21. The number of rotatable bonds is 8. The molecule has 152 valence electrons. The fraction of sp³-hybridized carbons (Fsp3) is 0.450. The van der Waals surface area contributed by atoms with Crippen molar-refractivity contribution in [2.24, 2.45) is 5.92 Å². The molecule has 2 N–H and O–H groups in total. The van der Waals surface area contributed by atoms with E-state index < -0.39 is 18.0 Å². The van der Waals surface area contributed by atoms with Crippen molar-refractivity contribution in [3.63, 3.8) is 0 Å². The number of thioether (sulfide) groups is 1. The van der Waals surface area contributed by atoms with E-state index in [1.165, 1.54) is 7.11 Å². The summed E-state index contributed by atoms with van der Waals surface area (Å²) in [5.41, 5.74) is 0.421. The molecule has 7 nitrogen and oxygen atoms in total. The van der Waals surface area contributed by atoms with Crippen LogP contribution in [0.4, 0.5) is 10.5 Å². The minimum Gasteiger partial charge on any atom is -0.467 e. The van der Waals surface area contributed by atoms with Crippen LogP contribution in [0.15, 0.2) is 35.3 Å². The average molecular weight is 406 g/mol. The van der Waals surface area contributed by atoms with Crippen molar-refractivity contribution in [1.82, 2.24) is 9.88 Å². The molecule has 2 aromatic rings. The molecule has 0 unspecified atom stereocenters. The second-order valence-electron chi connectivity index (χ2n) is 6.90. The number of anilines is 1. The number of amides is 2. The molecule has 0 aliphatic carbocycles. The maximum atomic E-state index is 12.7. The van der Waals surface area contributed by atoms with Crippen LogP contribution >= 0.6 is 11.8 Å². The molecule has 0 saturated heterocycles. The second-order valence-corrected chi connectivity index (χ2v) is 7.88. The molecule has 0 radical (unpaired) electrons. The van der Waals surface area contributed by atoms with Gasteiger partial charge >= 0.3 is 12.0 Å². The van der Waals surface area contributed by atoms with E-state index in [9.17, 15) is 14.4 Å². The number of urea groups is 1. The number of nitrogens with zero attached hydrogens (tertiary/aromatic N) is 1. The number of aromatic nitrogens is 1. The molecule has 0 spiro atoms. The highest BCUT2D eigenvalue weighted by molar-refractivity contribution is 7.98. The number of hydrogen-bond acceptors (Lipinski definition) is 5. The van der Waals surface area contributed by atoms with Gasteiger partial charge in [0.2, 0.25) is 0 Å². The zero-order valence-electron chi connectivity index (χ0n) is 16.7. The van der Waals surface area contributed by atoms with Crippen LogP contribution in [-0.2, 0) is 16.1 Å². The van der Waals surface area contributed by atoms with E-state index in [4.69, 9.17) is 4.74 Å². The fourth-order valence-electron chi connectivity index (χ4n) is 2.92. The predicted octanol–water partition coefficient (Wildman–Crippen LogP) is 3.07. The molecule has 8 heteroatoms. The highest BCUT2D eigenvalue weighted by Crippen LogP contribution is 2.21. The quantitative estimate of drug-likeness (QED) is 0.659. The number of methoxy groups -OCH3 is 1. The first-order valence-corrected chi connectivity index (χ1v) is 10.5. The van der Waals surface area contributed by atoms with E-state index in [1.807, 2.05) is 26.2 Å². The lowest BCUT2D eigenvalue weighted by atomic mass is 10.1. The number of esters is 1. The van der Waals surface area contributed by atoms with E-state index in [1.54, 1.807) is 40.7 Å². The third-order valence-corrected chi connectivity index (χ3v) is 4.85. The molecule has 1 atom stereocenters. The van der Waals surface area contributed by atoms with Crippen molar-refractivity contribution < 1.29 is 14.3 Å². The Balaban J connectivity index is 2.31. The predicted molar refractivity (Wildman–Crippen MR) is 114 cm³/mol.